The van der Waals surface area contributed by atoms with E-state index >= 15 is 0 Å². The van der Waals surface area contributed by atoms with Crippen LogP contribution in [0.2, 0.25) is 0 Å². The average Bonchev–Trinajstić information content (AvgIpc) is 3.04. The van der Waals surface area contributed by atoms with Crippen LogP contribution in [-0.4, -0.2) is 11.5 Å². The highest BCUT2D eigenvalue weighted by molar-refractivity contribution is 7.22. The van der Waals surface area contributed by atoms with E-state index in [2.05, 4.69) is 47.6 Å². The molecule has 3 aromatic rings. The molecular formula is C15H16N2OS. The first-order chi connectivity index (χ1) is 9.36. The van der Waals surface area contributed by atoms with Gasteiger partial charge in [-0.2, -0.15) is 0 Å². The van der Waals surface area contributed by atoms with Crippen molar-refractivity contribution in [1.82, 2.24) is 10.3 Å². The van der Waals surface area contributed by atoms with Crippen LogP contribution in [0.3, 0.4) is 0 Å². The molecule has 2 heterocycles. The molecule has 0 saturated carbocycles. The highest BCUT2D eigenvalue weighted by atomic mass is 32.1. The molecule has 0 radical (unpaired) electrons. The third kappa shape index (κ3) is 2.69. The summed E-state index contributed by atoms with van der Waals surface area (Å²) in [6.07, 6.45) is 2.93. The maximum absolute atomic E-state index is 5.78. The van der Waals surface area contributed by atoms with Gasteiger partial charge in [0, 0.05) is 4.70 Å². The summed E-state index contributed by atoms with van der Waals surface area (Å²) in [6.45, 7) is 3.82. The second-order valence-corrected chi connectivity index (χ2v) is 5.53. The fourth-order valence-electron chi connectivity index (χ4n) is 1.98. The number of oxazole rings is 1. The van der Waals surface area contributed by atoms with Crippen LogP contribution in [0.1, 0.15) is 19.2 Å². The van der Waals surface area contributed by atoms with Gasteiger partial charge in [0.1, 0.15) is 0 Å². The van der Waals surface area contributed by atoms with E-state index in [-0.39, 0.29) is 0 Å². The number of fused-ring (bicyclic) bond motifs is 1. The molecule has 0 aliphatic rings. The molecule has 0 unspecified atom stereocenters. The van der Waals surface area contributed by atoms with Gasteiger partial charge in [0.25, 0.3) is 0 Å². The Labute approximate surface area is 116 Å². The van der Waals surface area contributed by atoms with Gasteiger partial charge in [0.05, 0.1) is 17.6 Å². The molecule has 19 heavy (non-hydrogen) atoms. The zero-order valence-corrected chi connectivity index (χ0v) is 11.7. The minimum Gasteiger partial charge on any atom is -0.438 e. The Kier molecular flexibility index (Phi) is 3.62. The van der Waals surface area contributed by atoms with Gasteiger partial charge in [0.2, 0.25) is 5.89 Å². The van der Waals surface area contributed by atoms with Gasteiger partial charge >= 0.3 is 0 Å². The van der Waals surface area contributed by atoms with E-state index in [9.17, 15) is 0 Å². The zero-order valence-electron chi connectivity index (χ0n) is 10.8. The number of benzene rings is 1. The average molecular weight is 272 g/mol. The maximum Gasteiger partial charge on any atom is 0.208 e. The van der Waals surface area contributed by atoms with E-state index < -0.39 is 0 Å². The van der Waals surface area contributed by atoms with Crippen LogP contribution >= 0.6 is 11.3 Å². The summed E-state index contributed by atoms with van der Waals surface area (Å²) in [5.74, 6) is 1.61. The largest absolute Gasteiger partial charge is 0.438 e. The van der Waals surface area contributed by atoms with Gasteiger partial charge in [-0.05, 0) is 30.5 Å². The fourth-order valence-corrected chi connectivity index (χ4v) is 2.99. The molecule has 0 aliphatic heterocycles. The third-order valence-electron chi connectivity index (χ3n) is 2.92. The summed E-state index contributed by atoms with van der Waals surface area (Å²) in [5, 5.41) is 4.54. The third-order valence-corrected chi connectivity index (χ3v) is 4.06. The van der Waals surface area contributed by atoms with Crippen molar-refractivity contribution in [3.05, 3.63) is 42.4 Å². The molecule has 0 amide bonds. The Morgan fingerprint density at radius 3 is 3.05 bits per heavy atom. The van der Waals surface area contributed by atoms with Crippen molar-refractivity contribution < 1.29 is 4.42 Å². The second-order valence-electron chi connectivity index (χ2n) is 4.44. The minimum atomic E-state index is 0.693. The SMILES string of the molecule is CCCNCc1ncc(-c2cc3ccccc3s2)o1. The second kappa shape index (κ2) is 5.55. The maximum atomic E-state index is 5.78. The van der Waals surface area contributed by atoms with Crippen LogP contribution in [-0.2, 0) is 6.54 Å². The lowest BCUT2D eigenvalue weighted by Crippen LogP contribution is -2.13. The van der Waals surface area contributed by atoms with E-state index in [0.29, 0.717) is 6.54 Å². The Balaban J connectivity index is 1.81. The first-order valence-corrected chi connectivity index (χ1v) is 7.33. The Morgan fingerprint density at radius 2 is 2.21 bits per heavy atom. The fraction of sp³-hybridized carbons (Fsp3) is 0.267. The topological polar surface area (TPSA) is 38.1 Å². The molecule has 0 spiro atoms. The molecule has 1 N–H and O–H groups in total. The van der Waals surface area contributed by atoms with Gasteiger partial charge in [-0.25, -0.2) is 4.98 Å². The summed E-state index contributed by atoms with van der Waals surface area (Å²) in [5.41, 5.74) is 0. The van der Waals surface area contributed by atoms with E-state index in [0.717, 1.165) is 29.5 Å². The van der Waals surface area contributed by atoms with Crippen LogP contribution in [0.15, 0.2) is 40.9 Å². The number of thiophene rings is 1. The van der Waals surface area contributed by atoms with Crippen molar-refractivity contribution in [2.75, 3.05) is 6.54 Å². The molecule has 0 atom stereocenters. The standard InChI is InChI=1S/C15H16N2OS/c1-2-7-16-10-15-17-9-12(18-15)14-8-11-5-3-4-6-13(11)19-14/h3-6,8-9,16H,2,7,10H2,1H3. The van der Waals surface area contributed by atoms with E-state index in [1.165, 1.54) is 10.1 Å². The number of aromatic nitrogens is 1. The van der Waals surface area contributed by atoms with Gasteiger partial charge in [0.15, 0.2) is 5.76 Å². The number of hydrogen-bond donors (Lipinski definition) is 1. The number of nitrogens with zero attached hydrogens (tertiary/aromatic N) is 1. The van der Waals surface area contributed by atoms with Crippen LogP contribution in [0, 0.1) is 0 Å². The molecule has 0 fully saturated rings. The number of rotatable bonds is 5. The van der Waals surface area contributed by atoms with Crippen molar-refractivity contribution in [2.24, 2.45) is 0 Å². The molecule has 0 aliphatic carbocycles. The summed E-state index contributed by atoms with van der Waals surface area (Å²) >= 11 is 1.74. The van der Waals surface area contributed by atoms with Crippen LogP contribution in [0.25, 0.3) is 20.7 Å². The van der Waals surface area contributed by atoms with E-state index in [1.807, 2.05) is 6.20 Å². The molecule has 2 aromatic heterocycles. The Hall–Kier alpha value is -1.65. The Bertz CT molecular complexity index is 638. The van der Waals surface area contributed by atoms with Crippen molar-refractivity contribution in [2.45, 2.75) is 19.9 Å². The smallest absolute Gasteiger partial charge is 0.208 e. The quantitative estimate of drug-likeness (QED) is 0.712. The first-order valence-electron chi connectivity index (χ1n) is 6.51. The molecule has 98 valence electrons. The monoisotopic (exact) mass is 272 g/mol. The van der Waals surface area contributed by atoms with Crippen molar-refractivity contribution in [3.8, 4) is 10.6 Å². The van der Waals surface area contributed by atoms with Gasteiger partial charge in [-0.3, -0.25) is 0 Å². The lowest BCUT2D eigenvalue weighted by atomic mass is 10.2. The molecule has 0 saturated heterocycles. The van der Waals surface area contributed by atoms with E-state index in [4.69, 9.17) is 4.42 Å². The summed E-state index contributed by atoms with van der Waals surface area (Å²) in [6, 6.07) is 10.5. The van der Waals surface area contributed by atoms with Gasteiger partial charge in [-0.1, -0.05) is 25.1 Å². The predicted octanol–water partition coefficient (Wildman–Crippen LogP) is 4.06. The van der Waals surface area contributed by atoms with Gasteiger partial charge < -0.3 is 9.73 Å². The van der Waals surface area contributed by atoms with Crippen molar-refractivity contribution >= 4 is 21.4 Å². The van der Waals surface area contributed by atoms with Crippen LogP contribution in [0.5, 0.6) is 0 Å². The highest BCUT2D eigenvalue weighted by Gasteiger charge is 2.09. The molecular weight excluding hydrogens is 256 g/mol. The lowest BCUT2D eigenvalue weighted by Gasteiger charge is -1.97. The molecule has 1 aromatic carbocycles. The summed E-state index contributed by atoms with van der Waals surface area (Å²) < 4.78 is 7.06. The first kappa shape index (κ1) is 12.4. The Morgan fingerprint density at radius 1 is 1.32 bits per heavy atom. The van der Waals surface area contributed by atoms with Crippen LogP contribution in [0.4, 0.5) is 0 Å². The number of hydrogen-bond acceptors (Lipinski definition) is 4. The normalized spacial score (nSPS) is 11.2. The molecule has 3 rings (SSSR count). The summed E-state index contributed by atoms with van der Waals surface area (Å²) in [7, 11) is 0. The van der Waals surface area contributed by atoms with Crippen molar-refractivity contribution in [3.63, 3.8) is 0 Å². The van der Waals surface area contributed by atoms with Crippen molar-refractivity contribution in [1.29, 1.82) is 0 Å². The lowest BCUT2D eigenvalue weighted by molar-refractivity contribution is 0.478. The predicted molar refractivity (Wildman–Crippen MR) is 79.3 cm³/mol. The number of nitrogens with one attached hydrogen (secondary N) is 1. The molecule has 0 bridgehead atoms. The van der Waals surface area contributed by atoms with Crippen LogP contribution < -0.4 is 5.32 Å². The van der Waals surface area contributed by atoms with E-state index in [1.54, 1.807) is 11.3 Å². The molecule has 3 nitrogen and oxygen atoms in total. The summed E-state index contributed by atoms with van der Waals surface area (Å²) in [4.78, 5) is 5.45. The highest BCUT2D eigenvalue weighted by Crippen LogP contribution is 2.33. The zero-order chi connectivity index (χ0) is 13.1. The minimum absolute atomic E-state index is 0.693. The van der Waals surface area contributed by atoms with Gasteiger partial charge in [-0.15, -0.1) is 11.3 Å². The molecule has 4 heteroatoms.